The Morgan fingerprint density at radius 1 is 1.30 bits per heavy atom. The number of fused-ring (bicyclic) bond motifs is 1. The molecule has 0 saturated carbocycles. The fourth-order valence-corrected chi connectivity index (χ4v) is 2.97. The fraction of sp³-hybridized carbons (Fsp3) is 0.316. The maximum absolute atomic E-state index is 12.4. The Balaban J connectivity index is 1.62. The number of ether oxygens (including phenoxy) is 1. The predicted octanol–water partition coefficient (Wildman–Crippen LogP) is 2.75. The number of hydrogen-bond acceptors (Lipinski definition) is 3. The predicted molar refractivity (Wildman–Crippen MR) is 88.1 cm³/mol. The lowest BCUT2D eigenvalue weighted by Gasteiger charge is -2.19. The molecule has 0 bridgehead atoms. The van der Waals surface area contributed by atoms with Gasteiger partial charge < -0.3 is 15.2 Å². The SMILES string of the molecule is CC(Oc1cccc(CO)c1)C(=O)NC1CCc2ccccc21. The molecular weight excluding hydrogens is 290 g/mol. The second-order valence-electron chi connectivity index (χ2n) is 5.86. The number of benzene rings is 2. The van der Waals surface area contributed by atoms with Gasteiger partial charge in [-0.15, -0.1) is 0 Å². The summed E-state index contributed by atoms with van der Waals surface area (Å²) in [6, 6.07) is 15.4. The molecule has 2 aromatic rings. The van der Waals surface area contributed by atoms with Gasteiger partial charge in [0.1, 0.15) is 5.75 Å². The highest BCUT2D eigenvalue weighted by Gasteiger charge is 2.25. The second kappa shape index (κ2) is 6.84. The van der Waals surface area contributed by atoms with Crippen LogP contribution in [-0.4, -0.2) is 17.1 Å². The minimum atomic E-state index is -0.586. The van der Waals surface area contributed by atoms with E-state index in [4.69, 9.17) is 9.84 Å². The van der Waals surface area contributed by atoms with E-state index in [-0.39, 0.29) is 18.6 Å². The van der Waals surface area contributed by atoms with E-state index in [1.54, 1.807) is 25.1 Å². The second-order valence-corrected chi connectivity index (χ2v) is 5.86. The summed E-state index contributed by atoms with van der Waals surface area (Å²) in [6.07, 6.45) is 1.34. The van der Waals surface area contributed by atoms with Crippen LogP contribution in [0.1, 0.15) is 36.1 Å². The van der Waals surface area contributed by atoms with Crippen molar-refractivity contribution >= 4 is 5.91 Å². The van der Waals surface area contributed by atoms with E-state index in [1.807, 2.05) is 18.2 Å². The summed E-state index contributed by atoms with van der Waals surface area (Å²) in [5.74, 6) is 0.465. The first-order valence-electron chi connectivity index (χ1n) is 7.92. The minimum Gasteiger partial charge on any atom is -0.481 e. The molecule has 0 spiro atoms. The fourth-order valence-electron chi connectivity index (χ4n) is 2.97. The monoisotopic (exact) mass is 311 g/mol. The highest BCUT2D eigenvalue weighted by Crippen LogP contribution is 2.30. The number of carbonyl (C=O) groups is 1. The Morgan fingerprint density at radius 3 is 2.96 bits per heavy atom. The summed E-state index contributed by atoms with van der Waals surface area (Å²) in [7, 11) is 0. The topological polar surface area (TPSA) is 58.6 Å². The Hall–Kier alpha value is -2.33. The van der Waals surface area contributed by atoms with Crippen molar-refractivity contribution in [1.29, 1.82) is 0 Å². The minimum absolute atomic E-state index is 0.0450. The van der Waals surface area contributed by atoms with Crippen molar-refractivity contribution in [3.05, 3.63) is 65.2 Å². The average Bonchev–Trinajstić information content (AvgIpc) is 2.98. The lowest BCUT2D eigenvalue weighted by atomic mass is 10.1. The Labute approximate surface area is 136 Å². The normalized spacial score (nSPS) is 17.4. The van der Waals surface area contributed by atoms with Crippen LogP contribution >= 0.6 is 0 Å². The number of aliphatic hydroxyl groups excluding tert-OH is 1. The maximum Gasteiger partial charge on any atom is 0.261 e. The van der Waals surface area contributed by atoms with Gasteiger partial charge in [0.2, 0.25) is 0 Å². The van der Waals surface area contributed by atoms with Gasteiger partial charge in [-0.1, -0.05) is 36.4 Å². The largest absolute Gasteiger partial charge is 0.481 e. The number of rotatable bonds is 5. The first-order valence-corrected chi connectivity index (χ1v) is 7.92. The molecule has 0 saturated heterocycles. The molecule has 0 heterocycles. The summed E-state index contributed by atoms with van der Waals surface area (Å²) in [5, 5.41) is 12.2. The van der Waals surface area contributed by atoms with Crippen molar-refractivity contribution in [2.45, 2.75) is 38.5 Å². The molecule has 4 heteroatoms. The van der Waals surface area contributed by atoms with Gasteiger partial charge in [-0.25, -0.2) is 0 Å². The molecule has 2 N–H and O–H groups in total. The van der Waals surface area contributed by atoms with E-state index < -0.39 is 6.10 Å². The first-order chi connectivity index (χ1) is 11.2. The molecule has 4 nitrogen and oxygen atoms in total. The average molecular weight is 311 g/mol. The third-order valence-corrected chi connectivity index (χ3v) is 4.21. The van der Waals surface area contributed by atoms with Crippen LogP contribution in [0.2, 0.25) is 0 Å². The van der Waals surface area contributed by atoms with Crippen molar-refractivity contribution in [3.63, 3.8) is 0 Å². The van der Waals surface area contributed by atoms with Gasteiger partial charge >= 0.3 is 0 Å². The van der Waals surface area contributed by atoms with Gasteiger partial charge in [0, 0.05) is 0 Å². The molecule has 2 unspecified atom stereocenters. The molecule has 3 rings (SSSR count). The van der Waals surface area contributed by atoms with Crippen LogP contribution in [0, 0.1) is 0 Å². The van der Waals surface area contributed by atoms with Gasteiger partial charge in [-0.3, -0.25) is 4.79 Å². The van der Waals surface area contributed by atoms with E-state index >= 15 is 0 Å². The molecule has 0 aliphatic heterocycles. The molecule has 1 aliphatic rings. The molecule has 2 aromatic carbocycles. The summed E-state index contributed by atoms with van der Waals surface area (Å²) in [6.45, 7) is 1.69. The van der Waals surface area contributed by atoms with Crippen molar-refractivity contribution in [2.75, 3.05) is 0 Å². The van der Waals surface area contributed by atoms with Crippen LogP contribution < -0.4 is 10.1 Å². The van der Waals surface area contributed by atoms with E-state index in [9.17, 15) is 4.79 Å². The maximum atomic E-state index is 12.4. The van der Waals surface area contributed by atoms with Crippen LogP contribution in [0.25, 0.3) is 0 Å². The number of aryl methyl sites for hydroxylation is 1. The van der Waals surface area contributed by atoms with Crippen LogP contribution in [0.15, 0.2) is 48.5 Å². The zero-order chi connectivity index (χ0) is 16.2. The van der Waals surface area contributed by atoms with Crippen LogP contribution in [0.4, 0.5) is 0 Å². The standard InChI is InChI=1S/C19H21NO3/c1-13(23-16-7-4-5-14(11-16)12-21)19(22)20-18-10-9-15-6-2-3-8-17(15)18/h2-8,11,13,18,21H,9-10,12H2,1H3,(H,20,22). The zero-order valence-electron chi connectivity index (χ0n) is 13.2. The Morgan fingerprint density at radius 2 is 2.13 bits per heavy atom. The van der Waals surface area contributed by atoms with Crippen LogP contribution in [-0.2, 0) is 17.8 Å². The molecule has 2 atom stereocenters. The molecule has 120 valence electrons. The van der Waals surface area contributed by atoms with E-state index in [1.165, 1.54) is 11.1 Å². The van der Waals surface area contributed by atoms with Crippen LogP contribution in [0.5, 0.6) is 5.75 Å². The van der Waals surface area contributed by atoms with Gasteiger partial charge in [0.15, 0.2) is 6.10 Å². The van der Waals surface area contributed by atoms with Gasteiger partial charge in [-0.05, 0) is 48.6 Å². The lowest BCUT2D eigenvalue weighted by Crippen LogP contribution is -2.38. The zero-order valence-corrected chi connectivity index (χ0v) is 13.2. The summed E-state index contributed by atoms with van der Waals surface area (Å²) < 4.78 is 5.69. The third-order valence-electron chi connectivity index (χ3n) is 4.21. The lowest BCUT2D eigenvalue weighted by molar-refractivity contribution is -0.128. The summed E-state index contributed by atoms with van der Waals surface area (Å²) >= 11 is 0. The van der Waals surface area contributed by atoms with Gasteiger partial charge in [0.05, 0.1) is 12.6 Å². The number of hydrogen-bond donors (Lipinski definition) is 2. The van der Waals surface area contributed by atoms with Crippen molar-refractivity contribution in [1.82, 2.24) is 5.32 Å². The molecular formula is C19H21NO3. The molecule has 0 fully saturated rings. The molecule has 0 aromatic heterocycles. The van der Waals surface area contributed by atoms with E-state index in [0.717, 1.165) is 18.4 Å². The Bertz CT molecular complexity index is 699. The summed E-state index contributed by atoms with van der Waals surface area (Å²) in [5.41, 5.74) is 3.28. The highest BCUT2D eigenvalue weighted by molar-refractivity contribution is 5.81. The Kier molecular flexibility index (Phi) is 4.63. The van der Waals surface area contributed by atoms with Crippen molar-refractivity contribution in [3.8, 4) is 5.75 Å². The number of aliphatic hydroxyl groups is 1. The number of amides is 1. The molecule has 1 amide bonds. The molecule has 1 aliphatic carbocycles. The van der Waals surface area contributed by atoms with Gasteiger partial charge in [-0.2, -0.15) is 0 Å². The summed E-state index contributed by atoms with van der Waals surface area (Å²) in [4.78, 5) is 12.4. The van der Waals surface area contributed by atoms with E-state index in [0.29, 0.717) is 5.75 Å². The van der Waals surface area contributed by atoms with Crippen molar-refractivity contribution in [2.24, 2.45) is 0 Å². The number of nitrogens with one attached hydrogen (secondary N) is 1. The van der Waals surface area contributed by atoms with Gasteiger partial charge in [0.25, 0.3) is 5.91 Å². The molecule has 0 radical (unpaired) electrons. The highest BCUT2D eigenvalue weighted by atomic mass is 16.5. The number of carbonyl (C=O) groups excluding carboxylic acids is 1. The molecule has 23 heavy (non-hydrogen) atoms. The van der Waals surface area contributed by atoms with Crippen LogP contribution in [0.3, 0.4) is 0 Å². The quantitative estimate of drug-likeness (QED) is 0.892. The smallest absolute Gasteiger partial charge is 0.261 e. The first kappa shape index (κ1) is 15.6. The third kappa shape index (κ3) is 3.54. The van der Waals surface area contributed by atoms with Crippen molar-refractivity contribution < 1.29 is 14.6 Å². The van der Waals surface area contributed by atoms with E-state index in [2.05, 4.69) is 17.4 Å².